The van der Waals surface area contributed by atoms with E-state index in [1.54, 1.807) is 0 Å². The summed E-state index contributed by atoms with van der Waals surface area (Å²) in [5, 5.41) is 0. The zero-order valence-electron chi connectivity index (χ0n) is 17.3. The second-order valence-electron chi connectivity index (χ2n) is 7.71. The molecular formula is C23H37NO2. The van der Waals surface area contributed by atoms with Crippen molar-refractivity contribution in [2.75, 3.05) is 13.2 Å². The molecule has 0 aromatic heterocycles. The Hall–Kier alpha value is -1.51. The summed E-state index contributed by atoms with van der Waals surface area (Å²) in [6.45, 7) is 10.1. The van der Waals surface area contributed by atoms with Gasteiger partial charge in [0, 0.05) is 6.92 Å². The first-order valence-electron chi connectivity index (χ1n) is 10.5. The van der Waals surface area contributed by atoms with Gasteiger partial charge in [0.1, 0.15) is 12.4 Å². The maximum Gasteiger partial charge on any atom is 0.180 e. The number of ether oxygens (including phenoxy) is 2. The largest absolute Gasteiger partial charge is 0.493 e. The fraction of sp³-hybridized carbons (Fsp3) is 0.696. The molecule has 1 aromatic carbocycles. The lowest BCUT2D eigenvalue weighted by molar-refractivity contribution is 0.238. The van der Waals surface area contributed by atoms with Gasteiger partial charge in [-0.2, -0.15) is 0 Å². The van der Waals surface area contributed by atoms with Crippen LogP contribution < -0.4 is 4.74 Å². The van der Waals surface area contributed by atoms with E-state index in [0.717, 1.165) is 50.5 Å². The van der Waals surface area contributed by atoms with Gasteiger partial charge in [-0.15, -0.1) is 0 Å². The Kier molecular flexibility index (Phi) is 8.47. The standard InChI is InChI=1S/C23H37NO2/c1-5-7-8-9-10-11-16-25-22-13-12-21(17-19(22)3)14-15-23(6-2)18-26-20(4)24-23/h12-13,17H,5-11,14-16,18H2,1-4H3. The zero-order chi connectivity index (χ0) is 18.8. The summed E-state index contributed by atoms with van der Waals surface area (Å²) in [7, 11) is 0. The van der Waals surface area contributed by atoms with E-state index in [0.29, 0.717) is 0 Å². The fourth-order valence-electron chi connectivity index (χ4n) is 3.59. The van der Waals surface area contributed by atoms with Gasteiger partial charge in [-0.05, 0) is 49.8 Å². The van der Waals surface area contributed by atoms with Crippen molar-refractivity contribution in [1.29, 1.82) is 0 Å². The highest BCUT2D eigenvalue weighted by molar-refractivity contribution is 5.75. The minimum atomic E-state index is -0.0229. The Morgan fingerprint density at radius 2 is 1.85 bits per heavy atom. The van der Waals surface area contributed by atoms with E-state index in [2.05, 4.69) is 39.0 Å². The molecule has 1 aliphatic heterocycles. The van der Waals surface area contributed by atoms with Gasteiger partial charge < -0.3 is 9.47 Å². The Morgan fingerprint density at radius 3 is 2.50 bits per heavy atom. The third-order valence-electron chi connectivity index (χ3n) is 5.48. The minimum Gasteiger partial charge on any atom is -0.493 e. The molecule has 0 fully saturated rings. The van der Waals surface area contributed by atoms with Gasteiger partial charge >= 0.3 is 0 Å². The third-order valence-corrected chi connectivity index (χ3v) is 5.48. The predicted octanol–water partition coefficient (Wildman–Crippen LogP) is 6.26. The summed E-state index contributed by atoms with van der Waals surface area (Å²) < 4.78 is 11.6. The van der Waals surface area contributed by atoms with E-state index in [4.69, 9.17) is 14.5 Å². The third kappa shape index (κ3) is 6.34. The van der Waals surface area contributed by atoms with E-state index in [9.17, 15) is 0 Å². The van der Waals surface area contributed by atoms with E-state index in [1.807, 2.05) is 6.92 Å². The minimum absolute atomic E-state index is 0.0229. The van der Waals surface area contributed by atoms with Crippen LogP contribution in [0.4, 0.5) is 0 Å². The molecular weight excluding hydrogens is 322 g/mol. The van der Waals surface area contributed by atoms with Crippen molar-refractivity contribution in [3.05, 3.63) is 29.3 Å². The number of unbranched alkanes of at least 4 members (excludes halogenated alkanes) is 5. The molecule has 0 bridgehead atoms. The van der Waals surface area contributed by atoms with Gasteiger partial charge in [-0.25, -0.2) is 4.99 Å². The van der Waals surface area contributed by atoms with E-state index < -0.39 is 0 Å². The molecule has 3 nitrogen and oxygen atoms in total. The summed E-state index contributed by atoms with van der Waals surface area (Å²) in [6.07, 6.45) is 10.9. The fourth-order valence-corrected chi connectivity index (χ4v) is 3.59. The van der Waals surface area contributed by atoms with Crippen LogP contribution in [0.2, 0.25) is 0 Å². The van der Waals surface area contributed by atoms with Gasteiger partial charge in [0.2, 0.25) is 0 Å². The smallest absolute Gasteiger partial charge is 0.180 e. The number of aliphatic imine (C=N–C) groups is 1. The number of benzene rings is 1. The number of hydrogen-bond donors (Lipinski definition) is 0. The van der Waals surface area contributed by atoms with Crippen LogP contribution in [-0.4, -0.2) is 24.7 Å². The predicted molar refractivity (Wildman–Crippen MR) is 110 cm³/mol. The molecule has 0 radical (unpaired) electrons. The quantitative estimate of drug-likeness (QED) is 0.412. The first-order valence-corrected chi connectivity index (χ1v) is 10.5. The van der Waals surface area contributed by atoms with Crippen molar-refractivity contribution in [1.82, 2.24) is 0 Å². The van der Waals surface area contributed by atoms with Gasteiger partial charge in [0.25, 0.3) is 0 Å². The lowest BCUT2D eigenvalue weighted by Crippen LogP contribution is -2.28. The summed E-state index contributed by atoms with van der Waals surface area (Å²) in [5.41, 5.74) is 2.58. The maximum atomic E-state index is 5.99. The Labute approximate surface area is 160 Å². The van der Waals surface area contributed by atoms with Gasteiger partial charge in [-0.1, -0.05) is 58.1 Å². The number of nitrogens with zero attached hydrogens (tertiary/aromatic N) is 1. The first-order chi connectivity index (χ1) is 12.6. The molecule has 3 heteroatoms. The average molecular weight is 360 g/mol. The molecule has 1 unspecified atom stereocenters. The van der Waals surface area contributed by atoms with Crippen molar-refractivity contribution < 1.29 is 9.47 Å². The highest BCUT2D eigenvalue weighted by atomic mass is 16.5. The van der Waals surface area contributed by atoms with Gasteiger partial charge in [0.05, 0.1) is 12.1 Å². The Bertz CT molecular complexity index is 582. The zero-order valence-corrected chi connectivity index (χ0v) is 17.3. The van der Waals surface area contributed by atoms with E-state index in [-0.39, 0.29) is 5.54 Å². The maximum absolute atomic E-state index is 5.99. The molecule has 26 heavy (non-hydrogen) atoms. The molecule has 2 rings (SSSR count). The highest BCUT2D eigenvalue weighted by Crippen LogP contribution is 2.29. The molecule has 1 heterocycles. The van der Waals surface area contributed by atoms with Crippen molar-refractivity contribution in [2.24, 2.45) is 4.99 Å². The molecule has 0 spiro atoms. The molecule has 1 aliphatic rings. The normalized spacial score (nSPS) is 19.3. The van der Waals surface area contributed by atoms with Gasteiger partial charge in [0.15, 0.2) is 5.90 Å². The molecule has 0 saturated carbocycles. The molecule has 1 aromatic rings. The lowest BCUT2D eigenvalue weighted by Gasteiger charge is -2.22. The molecule has 0 aliphatic carbocycles. The second kappa shape index (κ2) is 10.6. The van der Waals surface area contributed by atoms with E-state index in [1.165, 1.54) is 43.2 Å². The van der Waals surface area contributed by atoms with Crippen molar-refractivity contribution >= 4 is 5.90 Å². The molecule has 0 saturated heterocycles. The Balaban J connectivity index is 1.76. The van der Waals surface area contributed by atoms with Crippen LogP contribution in [0.3, 0.4) is 0 Å². The van der Waals surface area contributed by atoms with Crippen LogP contribution in [0.1, 0.15) is 83.3 Å². The second-order valence-corrected chi connectivity index (χ2v) is 7.71. The number of rotatable bonds is 12. The van der Waals surface area contributed by atoms with Crippen molar-refractivity contribution in [3.63, 3.8) is 0 Å². The topological polar surface area (TPSA) is 30.8 Å². The van der Waals surface area contributed by atoms with Gasteiger partial charge in [-0.3, -0.25) is 0 Å². The summed E-state index contributed by atoms with van der Waals surface area (Å²) in [4.78, 5) is 4.74. The molecule has 0 N–H and O–H groups in total. The van der Waals surface area contributed by atoms with Crippen LogP contribution in [0.15, 0.2) is 23.2 Å². The lowest BCUT2D eigenvalue weighted by atomic mass is 9.90. The summed E-state index contributed by atoms with van der Waals surface area (Å²) in [5.74, 6) is 1.87. The Morgan fingerprint density at radius 1 is 1.08 bits per heavy atom. The molecule has 0 amide bonds. The summed E-state index contributed by atoms with van der Waals surface area (Å²) >= 11 is 0. The van der Waals surface area contributed by atoms with Crippen LogP contribution >= 0.6 is 0 Å². The monoisotopic (exact) mass is 359 g/mol. The molecule has 146 valence electrons. The van der Waals surface area contributed by atoms with Crippen LogP contribution in [0.5, 0.6) is 5.75 Å². The molecule has 1 atom stereocenters. The number of aryl methyl sites for hydroxylation is 2. The first kappa shape index (κ1) is 20.8. The summed E-state index contributed by atoms with van der Waals surface area (Å²) in [6, 6.07) is 6.62. The van der Waals surface area contributed by atoms with Crippen molar-refractivity contribution in [2.45, 2.75) is 91.0 Å². The van der Waals surface area contributed by atoms with Crippen LogP contribution in [0.25, 0.3) is 0 Å². The van der Waals surface area contributed by atoms with Crippen LogP contribution in [0, 0.1) is 6.92 Å². The van der Waals surface area contributed by atoms with Crippen LogP contribution in [-0.2, 0) is 11.2 Å². The number of hydrogen-bond acceptors (Lipinski definition) is 3. The SMILES string of the molecule is CCCCCCCCOc1ccc(CCC2(CC)COC(C)=N2)cc1C. The average Bonchev–Trinajstić information content (AvgIpc) is 3.02. The van der Waals surface area contributed by atoms with Crippen molar-refractivity contribution in [3.8, 4) is 5.75 Å². The highest BCUT2D eigenvalue weighted by Gasteiger charge is 2.33. The van der Waals surface area contributed by atoms with E-state index >= 15 is 0 Å².